The van der Waals surface area contributed by atoms with Gasteiger partial charge in [0.2, 0.25) is 0 Å². The van der Waals surface area contributed by atoms with Crippen molar-refractivity contribution in [2.45, 2.75) is 86.6 Å². The van der Waals surface area contributed by atoms with Gasteiger partial charge in [-0.25, -0.2) is 13.2 Å². The van der Waals surface area contributed by atoms with E-state index in [1.54, 1.807) is 0 Å². The Morgan fingerprint density at radius 1 is 0.591 bits per heavy atom. The lowest BCUT2D eigenvalue weighted by Crippen LogP contribution is -2.39. The summed E-state index contributed by atoms with van der Waals surface area (Å²) in [6.45, 7) is 0. The summed E-state index contributed by atoms with van der Waals surface area (Å²) in [5, 5.41) is 0. The lowest BCUT2D eigenvalue weighted by molar-refractivity contribution is 0.0144. The van der Waals surface area contributed by atoms with E-state index >= 15 is 0 Å². The Morgan fingerprint density at radius 2 is 1.14 bits per heavy atom. The van der Waals surface area contributed by atoms with Gasteiger partial charge in [-0.1, -0.05) is 22.6 Å². The molecule has 128 valence electrons. The van der Waals surface area contributed by atoms with Crippen LogP contribution < -0.4 is 0 Å². The molecule has 0 radical (unpaired) electrons. The third-order valence-electron chi connectivity index (χ3n) is 6.53. The monoisotopic (exact) mass is 428 g/mol. The van der Waals surface area contributed by atoms with E-state index in [1.165, 1.54) is 0 Å². The maximum absolute atomic E-state index is 14.7. The second-order valence-corrected chi connectivity index (χ2v) is 9.62. The quantitative estimate of drug-likeness (QED) is 0.362. The van der Waals surface area contributed by atoms with E-state index in [4.69, 9.17) is 0 Å². The zero-order chi connectivity index (χ0) is 15.7. The van der Waals surface area contributed by atoms with Crippen molar-refractivity contribution in [2.75, 3.05) is 0 Å². The van der Waals surface area contributed by atoms with Crippen LogP contribution in [0.1, 0.15) is 64.2 Å². The summed E-state index contributed by atoms with van der Waals surface area (Å²) in [7, 11) is 0. The number of halogens is 4. The van der Waals surface area contributed by atoms with Gasteiger partial charge in [0.25, 0.3) is 0 Å². The second kappa shape index (κ2) is 7.60. The van der Waals surface area contributed by atoms with Gasteiger partial charge >= 0.3 is 0 Å². The number of hydrogen-bond acceptors (Lipinski definition) is 0. The molecule has 0 aliphatic heterocycles. The van der Waals surface area contributed by atoms with Gasteiger partial charge in [0, 0.05) is 3.92 Å². The molecule has 3 rings (SSSR count). The van der Waals surface area contributed by atoms with Crippen LogP contribution in [-0.4, -0.2) is 22.4 Å². The first-order chi connectivity index (χ1) is 10.5. The number of hydrogen-bond donors (Lipinski definition) is 0. The smallest absolute Gasteiger partial charge is 0.104 e. The summed E-state index contributed by atoms with van der Waals surface area (Å²) >= 11 is 2.35. The maximum atomic E-state index is 14.7. The Balaban J connectivity index is 1.53. The van der Waals surface area contributed by atoms with Crippen molar-refractivity contribution in [3.05, 3.63) is 0 Å². The van der Waals surface area contributed by atoms with Crippen LogP contribution in [0.4, 0.5) is 13.2 Å². The van der Waals surface area contributed by atoms with Crippen molar-refractivity contribution in [3.8, 4) is 0 Å². The average Bonchev–Trinajstić information content (AvgIpc) is 2.48. The van der Waals surface area contributed by atoms with E-state index in [2.05, 4.69) is 22.6 Å². The predicted molar refractivity (Wildman–Crippen MR) is 92.6 cm³/mol. The zero-order valence-electron chi connectivity index (χ0n) is 13.2. The van der Waals surface area contributed by atoms with Gasteiger partial charge in [-0.3, -0.25) is 0 Å². The first kappa shape index (κ1) is 17.3. The van der Waals surface area contributed by atoms with Crippen LogP contribution in [0, 0.1) is 23.7 Å². The van der Waals surface area contributed by atoms with Crippen LogP contribution >= 0.6 is 22.6 Å². The summed E-state index contributed by atoms with van der Waals surface area (Å²) in [4.78, 5) is 0. The van der Waals surface area contributed by atoms with Gasteiger partial charge < -0.3 is 0 Å². The lowest BCUT2D eigenvalue weighted by Gasteiger charge is -2.43. The van der Waals surface area contributed by atoms with E-state index in [0.717, 1.165) is 38.5 Å². The molecule has 3 aliphatic carbocycles. The van der Waals surface area contributed by atoms with E-state index in [-0.39, 0.29) is 17.8 Å². The highest BCUT2D eigenvalue weighted by Gasteiger charge is 2.42. The maximum Gasteiger partial charge on any atom is 0.104 e. The molecule has 0 saturated heterocycles. The highest BCUT2D eigenvalue weighted by Crippen LogP contribution is 2.47. The van der Waals surface area contributed by atoms with E-state index in [0.29, 0.717) is 35.5 Å². The average molecular weight is 428 g/mol. The van der Waals surface area contributed by atoms with E-state index in [9.17, 15) is 13.2 Å². The van der Waals surface area contributed by atoms with Crippen molar-refractivity contribution in [1.82, 2.24) is 0 Å². The van der Waals surface area contributed by atoms with Crippen LogP contribution in [0.3, 0.4) is 0 Å². The van der Waals surface area contributed by atoms with Crippen molar-refractivity contribution in [1.29, 1.82) is 0 Å². The predicted octanol–water partition coefficient (Wildman–Crippen LogP) is 6.21. The van der Waals surface area contributed by atoms with Crippen LogP contribution in [0.25, 0.3) is 0 Å². The lowest BCUT2D eigenvalue weighted by atomic mass is 9.65. The topological polar surface area (TPSA) is 0 Å². The fraction of sp³-hybridized carbons (Fsp3) is 1.00. The molecule has 6 unspecified atom stereocenters. The minimum atomic E-state index is -0.788. The SMILES string of the molecule is FC1CCC(C2CCC(C3CCC(I)CC3F)CC2F)CC1. The van der Waals surface area contributed by atoms with Gasteiger partial charge in [-0.15, -0.1) is 0 Å². The van der Waals surface area contributed by atoms with Crippen molar-refractivity contribution in [3.63, 3.8) is 0 Å². The van der Waals surface area contributed by atoms with Crippen molar-refractivity contribution >= 4 is 22.6 Å². The van der Waals surface area contributed by atoms with Gasteiger partial charge in [0.15, 0.2) is 0 Å². The molecule has 0 aromatic rings. The largest absolute Gasteiger partial charge is 0.247 e. The molecular formula is C18H28F3I. The van der Waals surface area contributed by atoms with Crippen LogP contribution in [0.15, 0.2) is 0 Å². The fourth-order valence-corrected chi connectivity index (χ4v) is 6.06. The molecular weight excluding hydrogens is 400 g/mol. The molecule has 3 fully saturated rings. The molecule has 0 nitrogen and oxygen atoms in total. The molecule has 0 aromatic heterocycles. The molecule has 0 aromatic carbocycles. The molecule has 0 N–H and O–H groups in total. The Hall–Kier alpha value is 0.520. The molecule has 0 heterocycles. The van der Waals surface area contributed by atoms with Crippen LogP contribution in [-0.2, 0) is 0 Å². The summed E-state index contributed by atoms with van der Waals surface area (Å²) in [6.07, 6.45) is 5.85. The number of alkyl halides is 4. The zero-order valence-corrected chi connectivity index (χ0v) is 15.4. The summed E-state index contributed by atoms with van der Waals surface area (Å²) in [5.74, 6) is 0.811. The molecule has 22 heavy (non-hydrogen) atoms. The first-order valence-electron chi connectivity index (χ1n) is 9.11. The Kier molecular flexibility index (Phi) is 6.00. The van der Waals surface area contributed by atoms with Gasteiger partial charge in [-0.2, -0.15) is 0 Å². The summed E-state index contributed by atoms with van der Waals surface area (Å²) < 4.78 is 42.8. The van der Waals surface area contributed by atoms with E-state index < -0.39 is 18.5 Å². The third kappa shape index (κ3) is 3.94. The minimum absolute atomic E-state index is 0.0896. The number of rotatable bonds is 2. The normalized spacial score (nSPS) is 50.7. The molecule has 0 amide bonds. The van der Waals surface area contributed by atoms with Crippen molar-refractivity contribution < 1.29 is 13.2 Å². The van der Waals surface area contributed by atoms with Crippen molar-refractivity contribution in [2.24, 2.45) is 23.7 Å². The highest BCUT2D eigenvalue weighted by atomic mass is 127. The fourth-order valence-electron chi connectivity index (χ4n) is 5.22. The minimum Gasteiger partial charge on any atom is -0.247 e. The molecule has 3 saturated carbocycles. The van der Waals surface area contributed by atoms with Crippen LogP contribution in [0.2, 0.25) is 0 Å². The Bertz CT molecular complexity index is 356. The van der Waals surface area contributed by atoms with Gasteiger partial charge in [-0.05, 0) is 87.9 Å². The standard InChI is InChI=1S/C18H28F3I/c19-13-4-1-11(2-5-13)15-7-3-12(9-17(15)20)16-8-6-14(22)10-18(16)21/h11-18H,1-10H2. The molecule has 0 bridgehead atoms. The Morgan fingerprint density at radius 3 is 1.77 bits per heavy atom. The molecule has 6 atom stereocenters. The molecule has 4 heteroatoms. The summed E-state index contributed by atoms with van der Waals surface area (Å²) in [6, 6.07) is 0. The second-order valence-electron chi connectivity index (χ2n) is 7.86. The third-order valence-corrected chi connectivity index (χ3v) is 7.67. The van der Waals surface area contributed by atoms with Gasteiger partial charge in [0.05, 0.1) is 0 Å². The highest BCUT2D eigenvalue weighted by molar-refractivity contribution is 14.1. The molecule has 0 spiro atoms. The summed E-state index contributed by atoms with van der Waals surface area (Å²) in [5.41, 5.74) is 0. The molecule has 3 aliphatic rings. The Labute approximate surface area is 146 Å². The van der Waals surface area contributed by atoms with E-state index in [1.807, 2.05) is 0 Å². The first-order valence-corrected chi connectivity index (χ1v) is 10.4. The van der Waals surface area contributed by atoms with Gasteiger partial charge in [0.1, 0.15) is 18.5 Å². The van der Waals surface area contributed by atoms with Crippen LogP contribution in [0.5, 0.6) is 0 Å².